The van der Waals surface area contributed by atoms with Crippen LogP contribution in [0, 0.1) is 24.2 Å². The number of phenolic OH excluding ortho intramolecular Hbond substituents is 1. The van der Waals surface area contributed by atoms with Gasteiger partial charge < -0.3 is 9.84 Å². The Morgan fingerprint density at radius 2 is 2.12 bits per heavy atom. The minimum absolute atomic E-state index is 0.00420. The molecule has 0 saturated heterocycles. The van der Waals surface area contributed by atoms with Crippen molar-refractivity contribution < 1.29 is 19.6 Å². The number of nitro groups is 1. The van der Waals surface area contributed by atoms with Crippen LogP contribution in [-0.4, -0.2) is 28.8 Å². The van der Waals surface area contributed by atoms with Crippen LogP contribution in [0.4, 0.5) is 5.69 Å². The minimum atomic E-state index is -0.587. The van der Waals surface area contributed by atoms with Crippen LogP contribution >= 0.6 is 45.2 Å². The number of carbonyl (C=O) groups excluding carboxylic acids is 1. The lowest BCUT2D eigenvalue weighted by molar-refractivity contribution is -0.385. The number of nitro benzene ring substituents is 1. The summed E-state index contributed by atoms with van der Waals surface area (Å²) >= 11 is 4.10. The van der Waals surface area contributed by atoms with Crippen LogP contribution in [0.25, 0.3) is 0 Å². The molecule has 2 N–H and O–H groups in total. The van der Waals surface area contributed by atoms with Crippen molar-refractivity contribution in [3.05, 3.63) is 58.7 Å². The molecule has 0 spiro atoms. The molecule has 0 heterocycles. The summed E-state index contributed by atoms with van der Waals surface area (Å²) in [4.78, 5) is 22.2. The highest BCUT2D eigenvalue weighted by Crippen LogP contribution is 2.27. The number of hydrogen-bond donors (Lipinski definition) is 2. The second-order valence-corrected chi connectivity index (χ2v) is 7.54. The average Bonchev–Trinajstić information content (AvgIpc) is 2.57. The van der Waals surface area contributed by atoms with E-state index in [1.54, 1.807) is 25.1 Å². The molecule has 0 aliphatic carbocycles. The van der Waals surface area contributed by atoms with Crippen molar-refractivity contribution in [3.8, 4) is 11.5 Å². The Morgan fingerprint density at radius 3 is 2.81 bits per heavy atom. The number of ether oxygens (including phenoxy) is 1. The van der Waals surface area contributed by atoms with Gasteiger partial charge in [-0.15, -0.1) is 0 Å². The lowest BCUT2D eigenvalue weighted by Gasteiger charge is -2.06. The maximum absolute atomic E-state index is 11.8. The van der Waals surface area contributed by atoms with Crippen molar-refractivity contribution in [1.82, 2.24) is 5.43 Å². The second kappa shape index (κ2) is 9.12. The number of aryl methyl sites for hydroxylation is 1. The van der Waals surface area contributed by atoms with Gasteiger partial charge in [0.05, 0.1) is 14.7 Å². The zero-order valence-corrected chi connectivity index (χ0v) is 17.7. The monoisotopic (exact) mass is 581 g/mol. The molecule has 2 aromatic carbocycles. The summed E-state index contributed by atoms with van der Waals surface area (Å²) in [6.07, 6.45) is 1.31. The molecule has 0 unspecified atom stereocenters. The number of aromatic hydroxyl groups is 1. The van der Waals surface area contributed by atoms with Gasteiger partial charge in [0.25, 0.3) is 5.91 Å². The van der Waals surface area contributed by atoms with E-state index in [9.17, 15) is 20.0 Å². The number of carbonyl (C=O) groups is 1. The van der Waals surface area contributed by atoms with E-state index in [2.05, 4.69) is 33.1 Å². The minimum Gasteiger partial charge on any atom is -0.506 e. The highest BCUT2D eigenvalue weighted by Gasteiger charge is 2.16. The van der Waals surface area contributed by atoms with Crippen LogP contribution in [0.3, 0.4) is 0 Å². The number of rotatable bonds is 6. The van der Waals surface area contributed by atoms with Crippen molar-refractivity contribution >= 4 is 63.0 Å². The van der Waals surface area contributed by atoms with Gasteiger partial charge >= 0.3 is 5.69 Å². The molecule has 0 aliphatic heterocycles. The zero-order chi connectivity index (χ0) is 19.3. The lowest BCUT2D eigenvalue weighted by Crippen LogP contribution is -2.24. The van der Waals surface area contributed by atoms with E-state index < -0.39 is 17.4 Å². The van der Waals surface area contributed by atoms with E-state index in [1.165, 1.54) is 18.3 Å². The third kappa shape index (κ3) is 5.52. The molecule has 2 rings (SSSR count). The molecule has 26 heavy (non-hydrogen) atoms. The van der Waals surface area contributed by atoms with Crippen molar-refractivity contribution in [2.45, 2.75) is 6.92 Å². The number of phenols is 1. The highest BCUT2D eigenvalue weighted by atomic mass is 127. The summed E-state index contributed by atoms with van der Waals surface area (Å²) in [5.41, 5.74) is 3.21. The molecular formula is C16H13I2N3O5. The van der Waals surface area contributed by atoms with E-state index in [4.69, 9.17) is 4.74 Å². The quantitative estimate of drug-likeness (QED) is 0.235. The molecule has 10 heteroatoms. The molecule has 0 atom stereocenters. The predicted octanol–water partition coefficient (Wildman–Crippen LogP) is 3.35. The zero-order valence-electron chi connectivity index (χ0n) is 13.4. The molecule has 1 amide bonds. The van der Waals surface area contributed by atoms with E-state index >= 15 is 0 Å². The number of amides is 1. The van der Waals surface area contributed by atoms with Crippen LogP contribution in [0.1, 0.15) is 11.1 Å². The molecule has 0 radical (unpaired) electrons. The molecule has 136 valence electrons. The smallest absolute Gasteiger partial charge is 0.311 e. The number of hydrogen-bond acceptors (Lipinski definition) is 6. The number of nitrogens with one attached hydrogen (secondary N) is 1. The first-order valence-corrected chi connectivity index (χ1v) is 9.31. The highest BCUT2D eigenvalue weighted by molar-refractivity contribution is 14.1. The Kier molecular flexibility index (Phi) is 7.14. The fraction of sp³-hybridized carbons (Fsp3) is 0.125. The fourth-order valence-corrected chi connectivity index (χ4v) is 3.82. The molecule has 0 aliphatic rings. The molecule has 0 bridgehead atoms. The van der Waals surface area contributed by atoms with Crippen molar-refractivity contribution in [2.24, 2.45) is 5.10 Å². The van der Waals surface area contributed by atoms with Gasteiger partial charge in [0.15, 0.2) is 12.4 Å². The fourth-order valence-electron chi connectivity index (χ4n) is 1.93. The number of halogens is 2. The third-order valence-electron chi connectivity index (χ3n) is 3.12. The topological polar surface area (TPSA) is 114 Å². The molecule has 0 saturated carbocycles. The Labute approximate surface area is 176 Å². The van der Waals surface area contributed by atoms with Gasteiger partial charge in [0.2, 0.25) is 0 Å². The predicted molar refractivity (Wildman–Crippen MR) is 113 cm³/mol. The van der Waals surface area contributed by atoms with Gasteiger partial charge in [-0.1, -0.05) is 6.07 Å². The third-order valence-corrected chi connectivity index (χ3v) is 4.57. The van der Waals surface area contributed by atoms with Gasteiger partial charge in [-0.3, -0.25) is 14.9 Å². The van der Waals surface area contributed by atoms with Crippen molar-refractivity contribution in [3.63, 3.8) is 0 Å². The van der Waals surface area contributed by atoms with Crippen LogP contribution in [-0.2, 0) is 4.79 Å². The summed E-state index contributed by atoms with van der Waals surface area (Å²) < 4.78 is 6.77. The number of benzene rings is 2. The van der Waals surface area contributed by atoms with Crippen LogP contribution in [0.5, 0.6) is 11.5 Å². The Morgan fingerprint density at radius 1 is 1.38 bits per heavy atom. The van der Waals surface area contributed by atoms with Gasteiger partial charge in [-0.2, -0.15) is 5.10 Å². The van der Waals surface area contributed by atoms with Crippen LogP contribution in [0.15, 0.2) is 35.4 Å². The van der Waals surface area contributed by atoms with E-state index in [0.29, 0.717) is 14.7 Å². The van der Waals surface area contributed by atoms with E-state index in [0.717, 1.165) is 3.57 Å². The maximum atomic E-state index is 11.8. The number of hydrazone groups is 1. The van der Waals surface area contributed by atoms with Gasteiger partial charge in [0, 0.05) is 15.2 Å². The van der Waals surface area contributed by atoms with Gasteiger partial charge in [-0.05, 0) is 75.9 Å². The normalized spacial score (nSPS) is 10.7. The largest absolute Gasteiger partial charge is 0.506 e. The van der Waals surface area contributed by atoms with Crippen molar-refractivity contribution in [2.75, 3.05) is 6.61 Å². The summed E-state index contributed by atoms with van der Waals surface area (Å²) in [7, 11) is 0. The summed E-state index contributed by atoms with van der Waals surface area (Å²) in [6.45, 7) is 1.29. The number of nitrogens with zero attached hydrogens (tertiary/aromatic N) is 2. The van der Waals surface area contributed by atoms with Gasteiger partial charge in [0.1, 0.15) is 5.75 Å². The Hall–Kier alpha value is -1.96. The first-order valence-electron chi connectivity index (χ1n) is 7.15. The molecule has 0 aromatic heterocycles. The summed E-state index contributed by atoms with van der Waals surface area (Å²) in [5.74, 6) is -0.518. The lowest BCUT2D eigenvalue weighted by atomic mass is 10.2. The van der Waals surface area contributed by atoms with Crippen LogP contribution in [0.2, 0.25) is 0 Å². The Balaban J connectivity index is 1.97. The maximum Gasteiger partial charge on any atom is 0.311 e. The standard InChI is InChI=1S/C16H13I2N3O5/c1-9-2-3-14(13(4-9)21(24)25)26-8-15(22)20-19-7-10-5-11(17)6-12(18)16(10)23/h2-7,23H,8H2,1H3,(H,20,22)/b19-7+. The Bertz CT molecular complexity index is 886. The summed E-state index contributed by atoms with van der Waals surface area (Å²) in [6, 6.07) is 7.97. The first kappa shape index (κ1) is 20.4. The van der Waals surface area contributed by atoms with Crippen LogP contribution < -0.4 is 10.2 Å². The van der Waals surface area contributed by atoms with Crippen molar-refractivity contribution in [1.29, 1.82) is 0 Å². The SMILES string of the molecule is Cc1ccc(OCC(=O)N/N=C/c2cc(I)cc(I)c2O)c([N+](=O)[O-])c1. The molecular weight excluding hydrogens is 568 g/mol. The first-order chi connectivity index (χ1) is 12.3. The average molecular weight is 581 g/mol. The molecule has 0 fully saturated rings. The van der Waals surface area contributed by atoms with E-state index in [-0.39, 0.29) is 17.2 Å². The van der Waals surface area contributed by atoms with Gasteiger partial charge in [-0.25, -0.2) is 5.43 Å². The van der Waals surface area contributed by atoms with E-state index in [1.807, 2.05) is 22.6 Å². The summed E-state index contributed by atoms with van der Waals surface area (Å²) in [5, 5.41) is 24.7. The molecule has 2 aromatic rings. The second-order valence-electron chi connectivity index (χ2n) is 5.14. The molecule has 8 nitrogen and oxygen atoms in total.